The lowest BCUT2D eigenvalue weighted by atomic mass is 10.2. The summed E-state index contributed by atoms with van der Waals surface area (Å²) < 4.78 is 31.4. The van der Waals surface area contributed by atoms with Crippen molar-refractivity contribution < 1.29 is 17.8 Å². The van der Waals surface area contributed by atoms with Crippen LogP contribution in [0.3, 0.4) is 0 Å². The van der Waals surface area contributed by atoms with Gasteiger partial charge in [0, 0.05) is 0 Å². The van der Waals surface area contributed by atoms with Gasteiger partial charge in [0.25, 0.3) is 5.24 Å². The van der Waals surface area contributed by atoms with Gasteiger partial charge in [0.05, 0.1) is 21.3 Å². The summed E-state index contributed by atoms with van der Waals surface area (Å²) in [6, 6.07) is 2.45. The van der Waals surface area contributed by atoms with Gasteiger partial charge in [-0.05, 0) is 23.7 Å². The number of anilines is 1. The highest BCUT2D eigenvalue weighted by molar-refractivity contribution is 7.87. The van der Waals surface area contributed by atoms with Gasteiger partial charge in [0.2, 0.25) is 0 Å². The average Bonchev–Trinajstić information content (AvgIpc) is 2.10. The van der Waals surface area contributed by atoms with Crippen LogP contribution in [0.2, 0.25) is 10.0 Å². The van der Waals surface area contributed by atoms with Crippen LogP contribution < -0.4 is 4.72 Å². The largest absolute Gasteiger partial charge is 0.357 e. The van der Waals surface area contributed by atoms with E-state index in [0.29, 0.717) is 0 Å². The molecule has 88 valence electrons. The summed E-state index contributed by atoms with van der Waals surface area (Å²) in [7, 11) is -4.54. The molecule has 1 rings (SSSR count). The first-order chi connectivity index (χ1) is 7.22. The average molecular weight is 305 g/mol. The second-order valence-corrected chi connectivity index (χ2v) is 4.92. The highest BCUT2D eigenvalue weighted by Crippen LogP contribution is 2.34. The van der Waals surface area contributed by atoms with E-state index in [1.165, 1.54) is 12.1 Å². The number of carbonyl (C=O) groups excluding carboxylic acids is 1. The number of hydrogen-bond donors (Lipinski definition) is 2. The van der Waals surface area contributed by atoms with Gasteiger partial charge in [0.15, 0.2) is 0 Å². The van der Waals surface area contributed by atoms with E-state index >= 15 is 0 Å². The zero-order valence-corrected chi connectivity index (χ0v) is 10.5. The Bertz CT molecular complexity index is 543. The third-order valence-corrected chi connectivity index (χ3v) is 2.91. The van der Waals surface area contributed by atoms with Crippen molar-refractivity contribution in [2.45, 2.75) is 0 Å². The van der Waals surface area contributed by atoms with Gasteiger partial charge in [-0.15, -0.1) is 0 Å². The minimum absolute atomic E-state index is 0.0794. The maximum Gasteiger partial charge on any atom is 0.357 e. The monoisotopic (exact) mass is 303 g/mol. The smallest absolute Gasteiger partial charge is 0.276 e. The molecule has 1 aromatic rings. The van der Waals surface area contributed by atoms with Crippen LogP contribution in [0.5, 0.6) is 0 Å². The van der Waals surface area contributed by atoms with Crippen LogP contribution in [0.1, 0.15) is 10.4 Å². The van der Waals surface area contributed by atoms with Crippen LogP contribution in [-0.4, -0.2) is 18.2 Å². The quantitative estimate of drug-likeness (QED) is 0.664. The molecule has 0 aromatic heterocycles. The molecule has 0 amide bonds. The molecule has 0 heterocycles. The van der Waals surface area contributed by atoms with E-state index in [0.717, 1.165) is 0 Å². The van der Waals surface area contributed by atoms with E-state index in [9.17, 15) is 13.2 Å². The molecule has 0 aliphatic carbocycles. The molecule has 0 atom stereocenters. The van der Waals surface area contributed by atoms with Crippen LogP contribution in [0.4, 0.5) is 5.69 Å². The molecule has 2 N–H and O–H groups in total. The minimum atomic E-state index is -4.54. The van der Waals surface area contributed by atoms with Crippen molar-refractivity contribution in [3.05, 3.63) is 27.7 Å². The second kappa shape index (κ2) is 4.77. The maximum absolute atomic E-state index is 10.9. The molecule has 0 unspecified atom stereocenters. The van der Waals surface area contributed by atoms with E-state index < -0.39 is 15.5 Å². The van der Waals surface area contributed by atoms with Gasteiger partial charge in [-0.2, -0.15) is 8.42 Å². The third-order valence-electron chi connectivity index (χ3n) is 1.53. The molecule has 0 saturated heterocycles. The molecule has 0 bridgehead atoms. The lowest BCUT2D eigenvalue weighted by Crippen LogP contribution is -2.12. The van der Waals surface area contributed by atoms with Crippen LogP contribution in [-0.2, 0) is 10.3 Å². The summed E-state index contributed by atoms with van der Waals surface area (Å²) >= 11 is 16.5. The van der Waals surface area contributed by atoms with Gasteiger partial charge < -0.3 is 0 Å². The normalized spacial score (nSPS) is 11.2. The molecular weight excluding hydrogens is 301 g/mol. The fourth-order valence-electron chi connectivity index (χ4n) is 0.927. The number of halogens is 3. The molecule has 0 radical (unpaired) electrons. The SMILES string of the molecule is O=C(Cl)c1ccc(Cl)c(NS(=O)(=O)O)c1Cl. The van der Waals surface area contributed by atoms with E-state index in [2.05, 4.69) is 0 Å². The van der Waals surface area contributed by atoms with E-state index in [1.807, 2.05) is 0 Å². The fraction of sp³-hybridized carbons (Fsp3) is 0. The summed E-state index contributed by atoms with van der Waals surface area (Å²) in [6.45, 7) is 0. The van der Waals surface area contributed by atoms with Crippen molar-refractivity contribution in [1.29, 1.82) is 0 Å². The molecule has 5 nitrogen and oxygen atoms in total. The third kappa shape index (κ3) is 3.23. The van der Waals surface area contributed by atoms with Gasteiger partial charge >= 0.3 is 10.3 Å². The van der Waals surface area contributed by atoms with Crippen LogP contribution in [0.25, 0.3) is 0 Å². The highest BCUT2D eigenvalue weighted by Gasteiger charge is 2.17. The number of rotatable bonds is 3. The number of nitrogens with one attached hydrogen (secondary N) is 1. The molecular formula is C7H4Cl3NO4S. The van der Waals surface area contributed by atoms with Gasteiger partial charge in [-0.25, -0.2) is 0 Å². The van der Waals surface area contributed by atoms with Crippen LogP contribution >= 0.6 is 34.8 Å². The maximum atomic E-state index is 10.9. The van der Waals surface area contributed by atoms with Crippen molar-refractivity contribution in [2.75, 3.05) is 4.72 Å². The van der Waals surface area contributed by atoms with E-state index in [-0.39, 0.29) is 21.3 Å². The fourth-order valence-corrected chi connectivity index (χ4v) is 2.27. The Hall–Kier alpha value is -0.530. The van der Waals surface area contributed by atoms with Crippen LogP contribution in [0.15, 0.2) is 12.1 Å². The van der Waals surface area contributed by atoms with Gasteiger partial charge in [-0.1, -0.05) is 23.2 Å². The molecule has 0 aliphatic heterocycles. The highest BCUT2D eigenvalue weighted by atomic mass is 35.5. The number of benzene rings is 1. The summed E-state index contributed by atoms with van der Waals surface area (Å²) in [5.74, 6) is 0. The molecule has 16 heavy (non-hydrogen) atoms. The molecule has 0 spiro atoms. The first-order valence-corrected chi connectivity index (χ1v) is 6.23. The number of carbonyl (C=O) groups is 1. The summed E-state index contributed by atoms with van der Waals surface area (Å²) in [5.41, 5.74) is -0.434. The topological polar surface area (TPSA) is 83.5 Å². The Morgan fingerprint density at radius 1 is 1.31 bits per heavy atom. The molecule has 1 aromatic carbocycles. The van der Waals surface area contributed by atoms with E-state index in [1.54, 1.807) is 4.72 Å². The van der Waals surface area contributed by atoms with Crippen molar-refractivity contribution in [2.24, 2.45) is 0 Å². The first-order valence-electron chi connectivity index (χ1n) is 3.65. The summed E-state index contributed by atoms with van der Waals surface area (Å²) in [4.78, 5) is 10.9. The Morgan fingerprint density at radius 2 is 1.88 bits per heavy atom. The standard InChI is InChI=1S/C7H4Cl3NO4S/c8-4-2-1-3(7(10)12)5(9)6(4)11-16(13,14)15/h1-2,11H,(H,13,14,15). The predicted octanol–water partition coefficient (Wildman–Crippen LogP) is 2.59. The molecule has 0 aliphatic rings. The number of hydrogen-bond acceptors (Lipinski definition) is 3. The minimum Gasteiger partial charge on any atom is -0.276 e. The Kier molecular flexibility index (Phi) is 4.03. The molecule has 0 saturated carbocycles. The van der Waals surface area contributed by atoms with Crippen molar-refractivity contribution in [3.63, 3.8) is 0 Å². The zero-order chi connectivity index (χ0) is 12.5. The van der Waals surface area contributed by atoms with Crippen molar-refractivity contribution in [1.82, 2.24) is 0 Å². The zero-order valence-electron chi connectivity index (χ0n) is 7.37. The Morgan fingerprint density at radius 3 is 2.31 bits per heavy atom. The summed E-state index contributed by atoms with van der Waals surface area (Å²) in [6.07, 6.45) is 0. The van der Waals surface area contributed by atoms with Crippen molar-refractivity contribution in [3.8, 4) is 0 Å². The molecule has 0 fully saturated rings. The molecule has 9 heteroatoms. The first kappa shape index (κ1) is 13.5. The second-order valence-electron chi connectivity index (χ2n) is 2.63. The van der Waals surface area contributed by atoms with Gasteiger partial charge in [-0.3, -0.25) is 14.1 Å². The lowest BCUT2D eigenvalue weighted by molar-refractivity contribution is 0.108. The Balaban J connectivity index is 3.38. The Labute approximate surface area is 106 Å². The van der Waals surface area contributed by atoms with Gasteiger partial charge in [0.1, 0.15) is 0 Å². The van der Waals surface area contributed by atoms with Crippen LogP contribution in [0, 0.1) is 0 Å². The predicted molar refractivity (Wildman–Crippen MR) is 61.8 cm³/mol. The van der Waals surface area contributed by atoms with Crippen molar-refractivity contribution >= 4 is 56.0 Å². The summed E-state index contributed by atoms with van der Waals surface area (Å²) in [5, 5.41) is -1.24. The lowest BCUT2D eigenvalue weighted by Gasteiger charge is -2.09. The van der Waals surface area contributed by atoms with E-state index in [4.69, 9.17) is 39.4 Å².